The molecule has 2 aromatic rings. The van der Waals surface area contributed by atoms with Gasteiger partial charge < -0.3 is 0 Å². The molecule has 1 atom stereocenters. The van der Waals surface area contributed by atoms with Gasteiger partial charge in [-0.3, -0.25) is 4.79 Å². The molecule has 132 valence electrons. The monoisotopic (exact) mass is 360 g/mol. The number of hydrogen-bond donors (Lipinski definition) is 1. The molecule has 0 bridgehead atoms. The van der Waals surface area contributed by atoms with Gasteiger partial charge >= 0.3 is 0 Å². The van der Waals surface area contributed by atoms with E-state index in [1.165, 1.54) is 0 Å². The average molecular weight is 360 g/mol. The summed E-state index contributed by atoms with van der Waals surface area (Å²) in [6.07, 6.45) is 1.91. The maximum atomic E-state index is 12.0. The van der Waals surface area contributed by atoms with E-state index >= 15 is 0 Å². The Labute approximate surface area is 146 Å². The molecule has 1 saturated heterocycles. The molecule has 0 spiro atoms. The predicted molar refractivity (Wildman–Crippen MR) is 95.5 cm³/mol. The number of hydrogen-bond acceptors (Lipinski definition) is 5. The van der Waals surface area contributed by atoms with Crippen LogP contribution >= 0.6 is 0 Å². The minimum absolute atomic E-state index is 0.0663. The van der Waals surface area contributed by atoms with E-state index in [4.69, 9.17) is 0 Å². The van der Waals surface area contributed by atoms with Crippen LogP contribution < -0.4 is 5.43 Å². The van der Waals surface area contributed by atoms with E-state index in [1.54, 1.807) is 6.21 Å². The van der Waals surface area contributed by atoms with Crippen molar-refractivity contribution in [2.45, 2.75) is 20.3 Å². The van der Waals surface area contributed by atoms with Crippen molar-refractivity contribution in [1.29, 1.82) is 0 Å². The summed E-state index contributed by atoms with van der Waals surface area (Å²) in [5, 5.41) is 8.50. The summed E-state index contributed by atoms with van der Waals surface area (Å²) in [4.78, 5) is 12.0. The standard InChI is InChI=1S/C17H20N4O3S/c1-12-16(13(2)21(20-12)15-6-4-3-5-7-15)10-18-19-17(22)14-8-9-25(23,24)11-14/h3-7,10,14H,8-9,11H2,1-2H3,(H,19,22)/b18-10-/t14-/m0/s1. The molecule has 1 amide bonds. The molecule has 0 unspecified atom stereocenters. The number of nitrogens with one attached hydrogen (secondary N) is 1. The van der Waals surface area contributed by atoms with Crippen molar-refractivity contribution in [3.8, 4) is 5.69 Å². The van der Waals surface area contributed by atoms with E-state index in [9.17, 15) is 13.2 Å². The van der Waals surface area contributed by atoms with Gasteiger partial charge in [0.05, 0.1) is 40.7 Å². The van der Waals surface area contributed by atoms with Crippen LogP contribution in [0.5, 0.6) is 0 Å². The highest BCUT2D eigenvalue weighted by Gasteiger charge is 2.32. The summed E-state index contributed by atoms with van der Waals surface area (Å²) < 4.78 is 24.7. The third kappa shape index (κ3) is 3.79. The van der Waals surface area contributed by atoms with Gasteiger partial charge in [0.25, 0.3) is 0 Å². The number of nitrogens with zero attached hydrogens (tertiary/aromatic N) is 3. The number of benzene rings is 1. The maximum absolute atomic E-state index is 12.0. The number of carbonyl (C=O) groups is 1. The second-order valence-corrected chi connectivity index (χ2v) is 8.39. The lowest BCUT2D eigenvalue weighted by Crippen LogP contribution is -2.27. The molecule has 1 aromatic heterocycles. The first-order valence-corrected chi connectivity index (χ1v) is 9.84. The van der Waals surface area contributed by atoms with Crippen LogP contribution in [0, 0.1) is 19.8 Å². The number of amides is 1. The second kappa shape index (κ2) is 6.79. The van der Waals surface area contributed by atoms with E-state index in [1.807, 2.05) is 48.9 Å². The molecule has 0 saturated carbocycles. The van der Waals surface area contributed by atoms with Crippen molar-refractivity contribution in [1.82, 2.24) is 15.2 Å². The minimum Gasteiger partial charge on any atom is -0.273 e. The molecule has 8 heteroatoms. The minimum atomic E-state index is -3.08. The molecule has 0 aliphatic carbocycles. The number of rotatable bonds is 4. The molecule has 0 radical (unpaired) electrons. The van der Waals surface area contributed by atoms with Crippen molar-refractivity contribution >= 4 is 22.0 Å². The first-order valence-electron chi connectivity index (χ1n) is 8.02. The highest BCUT2D eigenvalue weighted by atomic mass is 32.2. The van der Waals surface area contributed by atoms with Crippen molar-refractivity contribution in [3.05, 3.63) is 47.3 Å². The molecule has 1 aliphatic heterocycles. The zero-order valence-corrected chi connectivity index (χ0v) is 15.0. The van der Waals surface area contributed by atoms with Crippen LogP contribution in [0.4, 0.5) is 0 Å². The smallest absolute Gasteiger partial charge is 0.244 e. The Bertz CT molecular complexity index is 917. The lowest BCUT2D eigenvalue weighted by atomic mass is 10.1. The Kier molecular flexibility index (Phi) is 4.71. The second-order valence-electron chi connectivity index (χ2n) is 6.17. The molecule has 25 heavy (non-hydrogen) atoms. The number of carbonyl (C=O) groups excluding carboxylic acids is 1. The van der Waals surface area contributed by atoms with Crippen molar-refractivity contribution < 1.29 is 13.2 Å². The van der Waals surface area contributed by atoms with Gasteiger partial charge in [0.15, 0.2) is 9.84 Å². The Hall–Kier alpha value is -2.48. The largest absolute Gasteiger partial charge is 0.273 e. The zero-order valence-electron chi connectivity index (χ0n) is 14.1. The van der Waals surface area contributed by atoms with Gasteiger partial charge in [-0.05, 0) is 32.4 Å². The van der Waals surface area contributed by atoms with E-state index in [-0.39, 0.29) is 17.4 Å². The number of aryl methyl sites for hydroxylation is 1. The van der Waals surface area contributed by atoms with Crippen LogP contribution in [-0.4, -0.2) is 41.8 Å². The molecule has 7 nitrogen and oxygen atoms in total. The van der Waals surface area contributed by atoms with Gasteiger partial charge in [0.2, 0.25) is 5.91 Å². The van der Waals surface area contributed by atoms with Crippen molar-refractivity contribution in [2.75, 3.05) is 11.5 Å². The fourth-order valence-corrected chi connectivity index (χ4v) is 4.66. The SMILES string of the molecule is Cc1nn(-c2ccccc2)c(C)c1/C=N\NC(=O)[C@H]1CCS(=O)(=O)C1. The highest BCUT2D eigenvalue weighted by molar-refractivity contribution is 7.91. The van der Waals surface area contributed by atoms with Gasteiger partial charge in [-0.25, -0.2) is 18.5 Å². The number of para-hydroxylation sites is 1. The number of aromatic nitrogens is 2. The predicted octanol–water partition coefficient (Wildman–Crippen LogP) is 1.37. The Balaban J connectivity index is 1.72. The fourth-order valence-electron chi connectivity index (χ4n) is 2.92. The summed E-state index contributed by atoms with van der Waals surface area (Å²) in [7, 11) is -3.08. The van der Waals surface area contributed by atoms with Gasteiger partial charge in [-0.1, -0.05) is 18.2 Å². The third-order valence-corrected chi connectivity index (χ3v) is 6.09. The summed E-state index contributed by atoms with van der Waals surface area (Å²) in [6, 6.07) is 9.74. The van der Waals surface area contributed by atoms with E-state index in [2.05, 4.69) is 15.6 Å². The summed E-state index contributed by atoms with van der Waals surface area (Å²) in [5.74, 6) is -0.908. The van der Waals surface area contributed by atoms with E-state index in [0.717, 1.165) is 22.6 Å². The molecule has 1 aliphatic rings. The Morgan fingerprint density at radius 2 is 2.04 bits per heavy atom. The van der Waals surface area contributed by atoms with Gasteiger partial charge in [-0.2, -0.15) is 10.2 Å². The maximum Gasteiger partial charge on any atom is 0.244 e. The van der Waals surface area contributed by atoms with Gasteiger partial charge in [-0.15, -0.1) is 0 Å². The molecular weight excluding hydrogens is 340 g/mol. The van der Waals surface area contributed by atoms with Crippen LogP contribution in [0.1, 0.15) is 23.4 Å². The van der Waals surface area contributed by atoms with Gasteiger partial charge in [0.1, 0.15) is 0 Å². The fraction of sp³-hybridized carbons (Fsp3) is 0.353. The van der Waals surface area contributed by atoms with Crippen LogP contribution in [0.15, 0.2) is 35.4 Å². The number of sulfone groups is 1. The Morgan fingerprint density at radius 3 is 2.68 bits per heavy atom. The molecule has 1 N–H and O–H groups in total. The topological polar surface area (TPSA) is 93.4 Å². The summed E-state index contributed by atoms with van der Waals surface area (Å²) >= 11 is 0. The first kappa shape index (κ1) is 17.3. The summed E-state index contributed by atoms with van der Waals surface area (Å²) in [5.41, 5.74) is 5.91. The van der Waals surface area contributed by atoms with Gasteiger partial charge in [0, 0.05) is 5.56 Å². The van der Waals surface area contributed by atoms with Crippen molar-refractivity contribution in [3.63, 3.8) is 0 Å². The molecule has 1 fully saturated rings. The molecular formula is C17H20N4O3S. The normalized spacial score (nSPS) is 19.4. The first-order chi connectivity index (χ1) is 11.9. The van der Waals surface area contributed by atoms with Crippen LogP contribution in [0.25, 0.3) is 5.69 Å². The average Bonchev–Trinajstić information content (AvgIpc) is 3.09. The Morgan fingerprint density at radius 1 is 1.32 bits per heavy atom. The van der Waals surface area contributed by atoms with E-state index < -0.39 is 15.8 Å². The molecule has 2 heterocycles. The quantitative estimate of drug-likeness (QED) is 0.658. The lowest BCUT2D eigenvalue weighted by molar-refractivity contribution is -0.124. The number of hydrazone groups is 1. The van der Waals surface area contributed by atoms with E-state index in [0.29, 0.717) is 6.42 Å². The zero-order chi connectivity index (χ0) is 18.0. The van der Waals surface area contributed by atoms with Crippen LogP contribution in [-0.2, 0) is 14.6 Å². The molecule has 3 rings (SSSR count). The third-order valence-electron chi connectivity index (χ3n) is 4.32. The lowest BCUT2D eigenvalue weighted by Gasteiger charge is -2.05. The summed E-state index contributed by atoms with van der Waals surface area (Å²) in [6.45, 7) is 3.80. The highest BCUT2D eigenvalue weighted by Crippen LogP contribution is 2.18. The van der Waals surface area contributed by atoms with Crippen molar-refractivity contribution in [2.24, 2.45) is 11.0 Å². The molecule has 1 aromatic carbocycles. The van der Waals surface area contributed by atoms with Crippen LogP contribution in [0.2, 0.25) is 0 Å². The van der Waals surface area contributed by atoms with Crippen LogP contribution in [0.3, 0.4) is 0 Å².